The van der Waals surface area contributed by atoms with Crippen molar-refractivity contribution < 1.29 is 13.2 Å². The van der Waals surface area contributed by atoms with Crippen molar-refractivity contribution in [1.29, 1.82) is 0 Å². The molecule has 0 saturated heterocycles. The van der Waals surface area contributed by atoms with E-state index >= 15 is 0 Å². The Labute approximate surface area is 118 Å². The summed E-state index contributed by atoms with van der Waals surface area (Å²) < 4.78 is 28.5. The van der Waals surface area contributed by atoms with Gasteiger partial charge in [-0.1, -0.05) is 33.1 Å². The lowest BCUT2D eigenvalue weighted by molar-refractivity contribution is 0.00579. The predicted molar refractivity (Wildman–Crippen MR) is 78.4 cm³/mol. The van der Waals surface area contributed by atoms with E-state index in [2.05, 4.69) is 13.8 Å². The van der Waals surface area contributed by atoms with E-state index in [1.165, 1.54) is 19.3 Å². The maximum Gasteiger partial charge on any atom is 0.211 e. The lowest BCUT2D eigenvalue weighted by atomic mass is 9.96. The van der Waals surface area contributed by atoms with Gasteiger partial charge in [-0.3, -0.25) is 0 Å². The van der Waals surface area contributed by atoms with Gasteiger partial charge in [0.05, 0.1) is 11.4 Å². The maximum atomic E-state index is 11.3. The molecule has 0 amide bonds. The highest BCUT2D eigenvalue weighted by Crippen LogP contribution is 2.26. The average molecular weight is 291 g/mol. The summed E-state index contributed by atoms with van der Waals surface area (Å²) in [6.45, 7) is 5.24. The van der Waals surface area contributed by atoms with Gasteiger partial charge in [0.1, 0.15) is 0 Å². The first-order chi connectivity index (χ1) is 8.97. The van der Waals surface area contributed by atoms with Crippen LogP contribution in [0.15, 0.2) is 0 Å². The minimum Gasteiger partial charge on any atom is -0.378 e. The van der Waals surface area contributed by atoms with Gasteiger partial charge in [0.25, 0.3) is 0 Å². The molecule has 0 aromatic rings. The number of nitrogens with two attached hydrogens (primary N) is 1. The molecular formula is C14H29NO3S. The molecule has 5 heteroatoms. The second-order valence-electron chi connectivity index (χ2n) is 5.74. The van der Waals surface area contributed by atoms with Crippen molar-refractivity contribution in [2.24, 2.45) is 11.1 Å². The van der Waals surface area contributed by atoms with Crippen LogP contribution in [-0.2, 0) is 14.8 Å². The highest BCUT2D eigenvalue weighted by molar-refractivity contribution is 7.89. The first-order valence-corrected chi connectivity index (χ1v) is 9.21. The van der Waals surface area contributed by atoms with Crippen LogP contribution >= 0.6 is 0 Å². The molecular weight excluding hydrogens is 262 g/mol. The molecule has 1 aliphatic rings. The zero-order chi connectivity index (χ0) is 14.3. The number of hydrogen-bond donors (Lipinski definition) is 1. The molecule has 0 aromatic carbocycles. The lowest BCUT2D eigenvalue weighted by Gasteiger charge is -2.28. The minimum atomic E-state index is -3.35. The molecule has 0 radical (unpaired) electrons. The van der Waals surface area contributed by atoms with E-state index in [1.807, 2.05) is 0 Å². The quantitative estimate of drug-likeness (QED) is 0.747. The fourth-order valence-corrected chi connectivity index (χ4v) is 3.63. The summed E-state index contributed by atoms with van der Waals surface area (Å²) in [4.78, 5) is 0. The van der Waals surface area contributed by atoms with Gasteiger partial charge >= 0.3 is 0 Å². The molecule has 1 atom stereocenters. The van der Waals surface area contributed by atoms with Gasteiger partial charge < -0.3 is 4.74 Å². The topological polar surface area (TPSA) is 69.4 Å². The Kier molecular flexibility index (Phi) is 7.32. The Morgan fingerprint density at radius 1 is 1.21 bits per heavy atom. The number of sulfonamides is 1. The van der Waals surface area contributed by atoms with E-state index in [4.69, 9.17) is 9.88 Å². The van der Waals surface area contributed by atoms with E-state index in [0.717, 1.165) is 25.9 Å². The Morgan fingerprint density at radius 3 is 2.32 bits per heavy atom. The number of rotatable bonds is 8. The molecule has 114 valence electrons. The summed E-state index contributed by atoms with van der Waals surface area (Å²) in [5.74, 6) is 0.649. The third-order valence-electron chi connectivity index (χ3n) is 4.20. The lowest BCUT2D eigenvalue weighted by Crippen LogP contribution is -2.35. The van der Waals surface area contributed by atoms with Crippen LogP contribution < -0.4 is 5.14 Å². The van der Waals surface area contributed by atoms with E-state index in [1.54, 1.807) is 0 Å². The molecule has 0 heterocycles. The van der Waals surface area contributed by atoms with Crippen molar-refractivity contribution in [3.8, 4) is 0 Å². The molecule has 1 saturated carbocycles. The van der Waals surface area contributed by atoms with Crippen LogP contribution in [0, 0.1) is 5.92 Å². The van der Waals surface area contributed by atoms with Crippen LogP contribution in [0.1, 0.15) is 65.2 Å². The highest BCUT2D eigenvalue weighted by Gasteiger charge is 2.28. The summed E-state index contributed by atoms with van der Waals surface area (Å²) in [6.07, 6.45) is 8.07. The molecule has 19 heavy (non-hydrogen) atoms. The Hall–Kier alpha value is -0.130. The normalized spacial score (nSPS) is 26.3. The molecule has 1 rings (SSSR count). The van der Waals surface area contributed by atoms with Crippen molar-refractivity contribution in [3.05, 3.63) is 0 Å². The molecule has 1 unspecified atom stereocenters. The number of ether oxygens (including phenoxy) is 1. The summed E-state index contributed by atoms with van der Waals surface area (Å²) in [5.41, 5.74) is 0. The van der Waals surface area contributed by atoms with Gasteiger partial charge in [-0.15, -0.1) is 0 Å². The molecule has 0 spiro atoms. The minimum absolute atomic E-state index is 0.230. The van der Waals surface area contributed by atoms with Gasteiger partial charge in [0.15, 0.2) is 0 Å². The number of unbranched alkanes of at least 4 members (excludes halogenated alkanes) is 1. The third-order valence-corrected chi connectivity index (χ3v) is 5.60. The summed E-state index contributed by atoms with van der Waals surface area (Å²) in [7, 11) is -3.35. The highest BCUT2D eigenvalue weighted by atomic mass is 32.2. The zero-order valence-electron chi connectivity index (χ0n) is 12.3. The van der Waals surface area contributed by atoms with Crippen molar-refractivity contribution in [2.45, 2.75) is 76.6 Å². The average Bonchev–Trinajstić information content (AvgIpc) is 2.38. The van der Waals surface area contributed by atoms with Gasteiger partial charge in [-0.25, -0.2) is 13.6 Å². The Bertz CT molecular complexity index is 335. The van der Waals surface area contributed by atoms with Crippen molar-refractivity contribution >= 4 is 10.0 Å². The molecule has 1 aliphatic carbocycles. The monoisotopic (exact) mass is 291 g/mol. The van der Waals surface area contributed by atoms with E-state index < -0.39 is 10.0 Å². The van der Waals surface area contributed by atoms with Crippen molar-refractivity contribution in [2.75, 3.05) is 6.61 Å². The molecule has 0 aliphatic heterocycles. The zero-order valence-corrected chi connectivity index (χ0v) is 13.1. The second kappa shape index (κ2) is 8.22. The van der Waals surface area contributed by atoms with E-state index in [0.29, 0.717) is 18.8 Å². The third kappa shape index (κ3) is 6.23. The first kappa shape index (κ1) is 16.9. The maximum absolute atomic E-state index is 11.3. The molecule has 2 N–H and O–H groups in total. The van der Waals surface area contributed by atoms with Crippen LogP contribution in [0.2, 0.25) is 0 Å². The molecule has 1 fully saturated rings. The van der Waals surface area contributed by atoms with Gasteiger partial charge in [-0.2, -0.15) is 0 Å². The fourth-order valence-electron chi connectivity index (χ4n) is 2.70. The Morgan fingerprint density at radius 2 is 1.84 bits per heavy atom. The van der Waals surface area contributed by atoms with Crippen molar-refractivity contribution in [1.82, 2.24) is 0 Å². The molecule has 0 bridgehead atoms. The molecule has 0 aromatic heterocycles. The SMILES string of the molecule is CCCCC(CC)COC1CCC(S(N)(=O)=O)CC1. The fraction of sp³-hybridized carbons (Fsp3) is 1.00. The van der Waals surface area contributed by atoms with Crippen molar-refractivity contribution in [3.63, 3.8) is 0 Å². The predicted octanol–water partition coefficient (Wildman–Crippen LogP) is 2.82. The van der Waals surface area contributed by atoms with Crippen LogP contribution in [0.3, 0.4) is 0 Å². The summed E-state index contributed by atoms with van der Waals surface area (Å²) in [5, 5.41) is 4.83. The summed E-state index contributed by atoms with van der Waals surface area (Å²) >= 11 is 0. The largest absolute Gasteiger partial charge is 0.378 e. The molecule has 4 nitrogen and oxygen atoms in total. The van der Waals surface area contributed by atoms with Gasteiger partial charge in [0.2, 0.25) is 10.0 Å². The van der Waals surface area contributed by atoms with Crippen LogP contribution in [0.4, 0.5) is 0 Å². The van der Waals surface area contributed by atoms with Gasteiger partial charge in [-0.05, 0) is 38.0 Å². The standard InChI is InChI=1S/C14H29NO3S/c1-3-5-6-12(4-2)11-18-13-7-9-14(10-8-13)19(15,16)17/h12-14H,3-11H2,1-2H3,(H2,15,16,17). The summed E-state index contributed by atoms with van der Waals surface area (Å²) in [6, 6.07) is 0. The van der Waals surface area contributed by atoms with Crippen LogP contribution in [0.5, 0.6) is 0 Å². The van der Waals surface area contributed by atoms with E-state index in [-0.39, 0.29) is 11.4 Å². The van der Waals surface area contributed by atoms with Crippen LogP contribution in [-0.4, -0.2) is 26.4 Å². The van der Waals surface area contributed by atoms with Crippen LogP contribution in [0.25, 0.3) is 0 Å². The second-order valence-corrected chi connectivity index (χ2v) is 7.58. The Balaban J connectivity index is 2.25. The van der Waals surface area contributed by atoms with E-state index in [9.17, 15) is 8.42 Å². The first-order valence-electron chi connectivity index (χ1n) is 7.60. The smallest absolute Gasteiger partial charge is 0.211 e. The number of hydrogen-bond acceptors (Lipinski definition) is 3. The number of primary sulfonamides is 1. The van der Waals surface area contributed by atoms with Gasteiger partial charge in [0, 0.05) is 6.61 Å².